The van der Waals surface area contributed by atoms with Crippen LogP contribution in [0.2, 0.25) is 0 Å². The standard InChI is InChI=1S/C20H20F3N5O/c1-11-4-14(5-12(2)17(11)21)18(29)27-8-15(7-20(22,23)9-27)16-6-13(3)26-19-24-10-25-28(16)19/h4-6,10,15H,7-9H2,1-3H3/t15-/m0/s1. The number of likely N-dealkylation sites (tertiary alicyclic amines) is 1. The van der Waals surface area contributed by atoms with Crippen molar-refractivity contribution < 1.29 is 18.0 Å². The molecule has 1 aliphatic rings. The number of aryl methyl sites for hydroxylation is 3. The van der Waals surface area contributed by atoms with Gasteiger partial charge in [0.1, 0.15) is 12.1 Å². The number of benzene rings is 1. The second-order valence-corrected chi connectivity index (χ2v) is 7.66. The van der Waals surface area contributed by atoms with E-state index >= 15 is 0 Å². The summed E-state index contributed by atoms with van der Waals surface area (Å²) in [6, 6.07) is 4.50. The molecule has 3 aromatic rings. The van der Waals surface area contributed by atoms with Crippen LogP contribution >= 0.6 is 0 Å². The van der Waals surface area contributed by atoms with Crippen molar-refractivity contribution in [2.75, 3.05) is 13.1 Å². The molecule has 0 bridgehead atoms. The number of amides is 1. The molecule has 0 saturated carbocycles. The topological polar surface area (TPSA) is 63.4 Å². The van der Waals surface area contributed by atoms with Crippen LogP contribution in [-0.2, 0) is 0 Å². The number of alkyl halides is 2. The van der Waals surface area contributed by atoms with Gasteiger partial charge in [0.05, 0.1) is 12.2 Å². The van der Waals surface area contributed by atoms with Gasteiger partial charge in [-0.2, -0.15) is 10.1 Å². The third kappa shape index (κ3) is 3.56. The van der Waals surface area contributed by atoms with Crippen LogP contribution in [0.15, 0.2) is 24.5 Å². The van der Waals surface area contributed by atoms with Crippen molar-refractivity contribution in [3.63, 3.8) is 0 Å². The Labute approximate surface area is 165 Å². The Bertz CT molecular complexity index is 1090. The fourth-order valence-electron chi connectivity index (χ4n) is 3.95. The molecule has 1 amide bonds. The molecule has 0 N–H and O–H groups in total. The number of fused-ring (bicyclic) bond motifs is 1. The normalized spacial score (nSPS) is 19.0. The minimum absolute atomic E-state index is 0.0995. The van der Waals surface area contributed by atoms with E-state index in [4.69, 9.17) is 0 Å². The number of aromatic nitrogens is 4. The van der Waals surface area contributed by atoms with Crippen LogP contribution in [-0.4, -0.2) is 49.4 Å². The van der Waals surface area contributed by atoms with Gasteiger partial charge in [0, 0.05) is 30.1 Å². The van der Waals surface area contributed by atoms with Gasteiger partial charge in [-0.25, -0.2) is 22.7 Å². The second kappa shape index (κ2) is 6.82. The first kappa shape index (κ1) is 19.4. The number of hydrogen-bond acceptors (Lipinski definition) is 4. The largest absolute Gasteiger partial charge is 0.332 e. The Morgan fingerprint density at radius 1 is 1.17 bits per heavy atom. The molecule has 1 atom stereocenters. The highest BCUT2D eigenvalue weighted by Gasteiger charge is 2.43. The van der Waals surface area contributed by atoms with Gasteiger partial charge in [-0.1, -0.05) is 0 Å². The first-order valence-electron chi connectivity index (χ1n) is 9.26. The predicted octanol–water partition coefficient (Wildman–Crippen LogP) is 3.45. The highest BCUT2D eigenvalue weighted by molar-refractivity contribution is 5.94. The maximum absolute atomic E-state index is 14.6. The van der Waals surface area contributed by atoms with E-state index in [1.54, 1.807) is 26.8 Å². The van der Waals surface area contributed by atoms with Gasteiger partial charge < -0.3 is 4.90 Å². The molecule has 1 aliphatic heterocycles. The molecule has 2 aromatic heterocycles. The molecular weight excluding hydrogens is 383 g/mol. The summed E-state index contributed by atoms with van der Waals surface area (Å²) in [6.45, 7) is 4.28. The Morgan fingerprint density at radius 3 is 2.55 bits per heavy atom. The first-order valence-corrected chi connectivity index (χ1v) is 9.26. The first-order chi connectivity index (χ1) is 13.6. The highest BCUT2D eigenvalue weighted by atomic mass is 19.3. The smallest absolute Gasteiger partial charge is 0.266 e. The van der Waals surface area contributed by atoms with Crippen LogP contribution in [0, 0.1) is 26.6 Å². The summed E-state index contributed by atoms with van der Waals surface area (Å²) in [6.07, 6.45) is 0.913. The van der Waals surface area contributed by atoms with E-state index in [1.807, 2.05) is 0 Å². The van der Waals surface area contributed by atoms with Crippen LogP contribution in [0.1, 0.15) is 45.2 Å². The van der Waals surface area contributed by atoms with Crippen molar-refractivity contribution in [2.24, 2.45) is 0 Å². The zero-order valence-electron chi connectivity index (χ0n) is 16.3. The van der Waals surface area contributed by atoms with Crippen LogP contribution in [0.4, 0.5) is 13.2 Å². The number of rotatable bonds is 2. The van der Waals surface area contributed by atoms with Gasteiger partial charge in [0.15, 0.2) is 0 Å². The van der Waals surface area contributed by atoms with Crippen LogP contribution < -0.4 is 0 Å². The van der Waals surface area contributed by atoms with Gasteiger partial charge in [0.2, 0.25) is 0 Å². The Hall–Kier alpha value is -2.97. The van der Waals surface area contributed by atoms with Crippen molar-refractivity contribution >= 4 is 11.7 Å². The molecule has 0 aliphatic carbocycles. The zero-order valence-corrected chi connectivity index (χ0v) is 16.3. The predicted molar refractivity (Wildman–Crippen MR) is 99.6 cm³/mol. The van der Waals surface area contributed by atoms with E-state index in [-0.39, 0.29) is 12.1 Å². The summed E-state index contributed by atoms with van der Waals surface area (Å²) >= 11 is 0. The maximum atomic E-state index is 14.6. The van der Waals surface area contributed by atoms with Gasteiger partial charge in [-0.3, -0.25) is 4.79 Å². The number of nitrogens with zero attached hydrogens (tertiary/aromatic N) is 5. The van der Waals surface area contributed by atoms with Crippen LogP contribution in [0.5, 0.6) is 0 Å². The van der Waals surface area contributed by atoms with E-state index in [1.165, 1.54) is 23.0 Å². The summed E-state index contributed by atoms with van der Waals surface area (Å²) < 4.78 is 44.6. The number of carbonyl (C=O) groups is 1. The second-order valence-electron chi connectivity index (χ2n) is 7.66. The molecular formula is C20H20F3N5O. The van der Waals surface area contributed by atoms with E-state index in [9.17, 15) is 18.0 Å². The highest BCUT2D eigenvalue weighted by Crippen LogP contribution is 2.37. The SMILES string of the molecule is Cc1cc([C@@H]2CN(C(=O)c3cc(C)c(F)c(C)c3)CC(F)(F)C2)n2ncnc2n1. The van der Waals surface area contributed by atoms with Gasteiger partial charge in [0.25, 0.3) is 17.6 Å². The minimum atomic E-state index is -3.06. The van der Waals surface area contributed by atoms with Crippen molar-refractivity contribution in [3.05, 3.63) is 58.4 Å². The number of hydrogen-bond donors (Lipinski definition) is 0. The molecule has 4 rings (SSSR count). The molecule has 152 valence electrons. The Morgan fingerprint density at radius 2 is 1.86 bits per heavy atom. The van der Waals surface area contributed by atoms with E-state index in [0.717, 1.165) is 4.90 Å². The lowest BCUT2D eigenvalue weighted by atomic mass is 9.91. The van der Waals surface area contributed by atoms with Gasteiger partial charge in [-0.15, -0.1) is 0 Å². The zero-order chi connectivity index (χ0) is 20.9. The fourth-order valence-corrected chi connectivity index (χ4v) is 3.95. The third-order valence-corrected chi connectivity index (χ3v) is 5.20. The average Bonchev–Trinajstić information content (AvgIpc) is 3.11. The molecule has 29 heavy (non-hydrogen) atoms. The van der Waals surface area contributed by atoms with E-state index in [2.05, 4.69) is 15.1 Å². The Balaban J connectivity index is 1.71. The fraction of sp³-hybridized carbons (Fsp3) is 0.400. The molecule has 1 aromatic carbocycles. The lowest BCUT2D eigenvalue weighted by molar-refractivity contribution is -0.0641. The quantitative estimate of drug-likeness (QED) is 0.658. The van der Waals surface area contributed by atoms with E-state index in [0.29, 0.717) is 28.3 Å². The molecule has 0 radical (unpaired) electrons. The van der Waals surface area contributed by atoms with Gasteiger partial charge >= 0.3 is 0 Å². The lowest BCUT2D eigenvalue weighted by Gasteiger charge is -2.37. The van der Waals surface area contributed by atoms with Crippen molar-refractivity contribution in [2.45, 2.75) is 39.0 Å². The van der Waals surface area contributed by atoms with Crippen LogP contribution in [0.25, 0.3) is 5.78 Å². The number of halogens is 3. The van der Waals surface area contributed by atoms with E-state index < -0.39 is 36.5 Å². The third-order valence-electron chi connectivity index (χ3n) is 5.20. The number of piperidine rings is 1. The lowest BCUT2D eigenvalue weighted by Crippen LogP contribution is -2.49. The molecule has 9 heteroatoms. The minimum Gasteiger partial charge on any atom is -0.332 e. The molecule has 1 saturated heterocycles. The molecule has 1 fully saturated rings. The summed E-state index contributed by atoms with van der Waals surface area (Å²) in [5.41, 5.74) is 1.99. The molecule has 6 nitrogen and oxygen atoms in total. The Kier molecular flexibility index (Phi) is 4.55. The monoisotopic (exact) mass is 403 g/mol. The van der Waals surface area contributed by atoms with Crippen molar-refractivity contribution in [3.8, 4) is 0 Å². The average molecular weight is 403 g/mol. The van der Waals surface area contributed by atoms with Crippen molar-refractivity contribution in [1.29, 1.82) is 0 Å². The number of carbonyl (C=O) groups excluding carboxylic acids is 1. The summed E-state index contributed by atoms with van der Waals surface area (Å²) in [5, 5.41) is 4.10. The van der Waals surface area contributed by atoms with Gasteiger partial charge in [-0.05, 0) is 50.1 Å². The van der Waals surface area contributed by atoms with Crippen LogP contribution in [0.3, 0.4) is 0 Å². The summed E-state index contributed by atoms with van der Waals surface area (Å²) in [4.78, 5) is 22.4. The molecule has 3 heterocycles. The summed E-state index contributed by atoms with van der Waals surface area (Å²) in [5.74, 6) is -4.31. The maximum Gasteiger partial charge on any atom is 0.266 e. The summed E-state index contributed by atoms with van der Waals surface area (Å²) in [7, 11) is 0. The van der Waals surface area contributed by atoms with Crippen molar-refractivity contribution in [1.82, 2.24) is 24.5 Å². The molecule has 0 unspecified atom stereocenters. The molecule has 0 spiro atoms.